The van der Waals surface area contributed by atoms with Crippen molar-refractivity contribution in [3.8, 4) is 11.3 Å². The van der Waals surface area contributed by atoms with E-state index in [2.05, 4.69) is 25.4 Å². The third-order valence-corrected chi connectivity index (χ3v) is 2.45. The molecule has 0 atom stereocenters. The van der Waals surface area contributed by atoms with Gasteiger partial charge in [-0.25, -0.2) is 0 Å². The number of aromatic nitrogens is 5. The number of nitrogens with zero attached hydrogens (tertiary/aromatic N) is 4. The Labute approximate surface area is 95.9 Å². The summed E-state index contributed by atoms with van der Waals surface area (Å²) in [6, 6.07) is 5.70. The fourth-order valence-electron chi connectivity index (χ4n) is 1.64. The van der Waals surface area contributed by atoms with Crippen molar-refractivity contribution in [1.82, 2.24) is 25.4 Å². The van der Waals surface area contributed by atoms with Gasteiger partial charge in [-0.05, 0) is 6.07 Å². The van der Waals surface area contributed by atoms with E-state index < -0.39 is 0 Å². The minimum absolute atomic E-state index is 0.0638. The Morgan fingerprint density at radius 1 is 1.12 bits per heavy atom. The first-order valence-electron chi connectivity index (χ1n) is 4.93. The summed E-state index contributed by atoms with van der Waals surface area (Å²) in [5, 5.41) is 15.5. The number of fused-ring (bicyclic) bond motifs is 1. The zero-order chi connectivity index (χ0) is 11.8. The van der Waals surface area contributed by atoms with Crippen molar-refractivity contribution in [2.75, 3.05) is 11.5 Å². The van der Waals surface area contributed by atoms with E-state index in [1.165, 1.54) is 0 Å². The van der Waals surface area contributed by atoms with Gasteiger partial charge in [0.1, 0.15) is 5.69 Å². The molecule has 3 aromatic rings. The first kappa shape index (κ1) is 9.52. The first-order valence-corrected chi connectivity index (χ1v) is 4.93. The van der Waals surface area contributed by atoms with Crippen molar-refractivity contribution in [3.05, 3.63) is 24.4 Å². The molecule has 5 N–H and O–H groups in total. The molecule has 0 unspecified atom stereocenters. The number of hydrogen-bond acceptors (Lipinski definition) is 6. The van der Waals surface area contributed by atoms with Crippen molar-refractivity contribution >= 4 is 22.7 Å². The summed E-state index contributed by atoms with van der Waals surface area (Å²) in [5.41, 5.74) is 13.4. The van der Waals surface area contributed by atoms with Crippen molar-refractivity contribution in [2.45, 2.75) is 0 Å². The third kappa shape index (κ3) is 1.53. The maximum Gasteiger partial charge on any atom is 0.242 e. The summed E-state index contributed by atoms with van der Waals surface area (Å²) >= 11 is 0. The highest BCUT2D eigenvalue weighted by atomic mass is 15.2. The van der Waals surface area contributed by atoms with Crippen molar-refractivity contribution in [2.24, 2.45) is 0 Å². The Morgan fingerprint density at radius 3 is 2.82 bits per heavy atom. The summed E-state index contributed by atoms with van der Waals surface area (Å²) in [5.74, 6) is 0.324. The number of aromatic amines is 1. The van der Waals surface area contributed by atoms with E-state index in [-0.39, 0.29) is 11.8 Å². The number of anilines is 2. The quantitative estimate of drug-likeness (QED) is 0.559. The zero-order valence-electron chi connectivity index (χ0n) is 8.75. The molecule has 3 rings (SSSR count). The summed E-state index contributed by atoms with van der Waals surface area (Å²) in [6.45, 7) is 0. The Kier molecular flexibility index (Phi) is 1.91. The van der Waals surface area contributed by atoms with Crippen LogP contribution in [-0.2, 0) is 0 Å². The van der Waals surface area contributed by atoms with Crippen LogP contribution in [0, 0.1) is 0 Å². The molecule has 0 fully saturated rings. The van der Waals surface area contributed by atoms with Crippen LogP contribution in [0.25, 0.3) is 22.2 Å². The second-order valence-corrected chi connectivity index (χ2v) is 3.58. The summed E-state index contributed by atoms with van der Waals surface area (Å²) in [6.07, 6.45) is 1.75. The van der Waals surface area contributed by atoms with Gasteiger partial charge in [-0.2, -0.15) is 10.1 Å². The average Bonchev–Trinajstić information content (AvgIpc) is 2.75. The van der Waals surface area contributed by atoms with Crippen LogP contribution in [0.5, 0.6) is 0 Å². The van der Waals surface area contributed by atoms with E-state index in [4.69, 9.17) is 11.5 Å². The van der Waals surface area contributed by atoms with Gasteiger partial charge in [0.2, 0.25) is 5.95 Å². The molecule has 2 aromatic heterocycles. The number of hydrogen-bond donors (Lipinski definition) is 3. The second-order valence-electron chi connectivity index (χ2n) is 3.58. The summed E-state index contributed by atoms with van der Waals surface area (Å²) < 4.78 is 0. The largest absolute Gasteiger partial charge is 0.382 e. The van der Waals surface area contributed by atoms with Crippen LogP contribution in [0.3, 0.4) is 0 Å². The molecule has 0 saturated carbocycles. The van der Waals surface area contributed by atoms with Crippen LogP contribution in [0.15, 0.2) is 24.4 Å². The van der Waals surface area contributed by atoms with Gasteiger partial charge in [0.05, 0.1) is 11.7 Å². The predicted molar refractivity (Wildman–Crippen MR) is 63.7 cm³/mol. The van der Waals surface area contributed by atoms with Crippen molar-refractivity contribution in [3.63, 3.8) is 0 Å². The molecule has 7 heteroatoms. The zero-order valence-corrected chi connectivity index (χ0v) is 8.75. The molecule has 1 aromatic carbocycles. The van der Waals surface area contributed by atoms with Gasteiger partial charge >= 0.3 is 0 Å². The lowest BCUT2D eigenvalue weighted by Gasteiger charge is -2.03. The highest BCUT2D eigenvalue weighted by Gasteiger charge is 2.08. The highest BCUT2D eigenvalue weighted by Crippen LogP contribution is 2.24. The number of nitrogen functional groups attached to an aromatic ring is 2. The monoisotopic (exact) mass is 227 g/mol. The van der Waals surface area contributed by atoms with E-state index in [9.17, 15) is 0 Å². The van der Waals surface area contributed by atoms with Crippen LogP contribution in [0.4, 0.5) is 11.8 Å². The van der Waals surface area contributed by atoms with Crippen LogP contribution in [-0.4, -0.2) is 25.4 Å². The lowest BCUT2D eigenvalue weighted by molar-refractivity contribution is 1.000. The molecule has 0 aliphatic heterocycles. The smallest absolute Gasteiger partial charge is 0.242 e. The summed E-state index contributed by atoms with van der Waals surface area (Å²) in [7, 11) is 0. The Balaban J connectivity index is 2.19. The minimum atomic E-state index is 0.0638. The van der Waals surface area contributed by atoms with Gasteiger partial charge < -0.3 is 11.5 Å². The number of benzene rings is 1. The molecule has 0 spiro atoms. The van der Waals surface area contributed by atoms with Crippen molar-refractivity contribution in [1.29, 1.82) is 0 Å². The van der Waals surface area contributed by atoms with E-state index in [0.717, 1.165) is 16.5 Å². The van der Waals surface area contributed by atoms with Crippen LogP contribution >= 0.6 is 0 Å². The molecular formula is C10H9N7. The second kappa shape index (κ2) is 3.41. The number of nitrogens with two attached hydrogens (primary N) is 2. The average molecular weight is 227 g/mol. The fourth-order valence-corrected chi connectivity index (χ4v) is 1.64. The van der Waals surface area contributed by atoms with Crippen LogP contribution < -0.4 is 11.5 Å². The Morgan fingerprint density at radius 2 is 2.00 bits per heavy atom. The van der Waals surface area contributed by atoms with E-state index in [1.807, 2.05) is 18.2 Å². The van der Waals surface area contributed by atoms with Crippen LogP contribution in [0.2, 0.25) is 0 Å². The molecule has 0 aliphatic rings. The molecular weight excluding hydrogens is 218 g/mol. The van der Waals surface area contributed by atoms with E-state index in [0.29, 0.717) is 5.69 Å². The molecule has 0 saturated heterocycles. The number of rotatable bonds is 1. The maximum absolute atomic E-state index is 5.75. The minimum Gasteiger partial charge on any atom is -0.382 e. The fraction of sp³-hybridized carbons (Fsp3) is 0. The molecule has 7 nitrogen and oxygen atoms in total. The number of H-pyrrole nitrogens is 1. The van der Waals surface area contributed by atoms with E-state index in [1.54, 1.807) is 6.20 Å². The van der Waals surface area contributed by atoms with E-state index >= 15 is 0 Å². The van der Waals surface area contributed by atoms with Crippen molar-refractivity contribution < 1.29 is 0 Å². The third-order valence-electron chi connectivity index (χ3n) is 2.45. The first-order chi connectivity index (χ1) is 8.24. The van der Waals surface area contributed by atoms with Gasteiger partial charge in [0, 0.05) is 10.9 Å². The summed E-state index contributed by atoms with van der Waals surface area (Å²) in [4.78, 5) is 3.87. The Hall–Kier alpha value is -2.70. The topological polar surface area (TPSA) is 119 Å². The Bertz CT molecular complexity index is 688. The lowest BCUT2D eigenvalue weighted by Crippen LogP contribution is -2.04. The molecule has 0 amide bonds. The lowest BCUT2D eigenvalue weighted by atomic mass is 10.1. The van der Waals surface area contributed by atoms with Gasteiger partial charge in [0.15, 0.2) is 5.82 Å². The highest BCUT2D eigenvalue weighted by molar-refractivity contribution is 5.84. The molecule has 84 valence electrons. The van der Waals surface area contributed by atoms with Gasteiger partial charge in [-0.15, -0.1) is 10.2 Å². The SMILES string of the molecule is Nc1nnc(-c2ccc3cn[nH]c3c2)c(N)n1. The molecule has 0 bridgehead atoms. The van der Waals surface area contributed by atoms with Gasteiger partial charge in [-0.1, -0.05) is 12.1 Å². The molecule has 0 aliphatic carbocycles. The molecule has 0 radical (unpaired) electrons. The molecule has 17 heavy (non-hydrogen) atoms. The van der Waals surface area contributed by atoms with Gasteiger partial charge in [-0.3, -0.25) is 5.10 Å². The maximum atomic E-state index is 5.75. The predicted octanol–water partition coefficient (Wildman–Crippen LogP) is 0.579. The van der Waals surface area contributed by atoms with Crippen LogP contribution in [0.1, 0.15) is 0 Å². The molecule has 2 heterocycles. The number of nitrogens with one attached hydrogen (secondary N) is 1. The van der Waals surface area contributed by atoms with Gasteiger partial charge in [0.25, 0.3) is 0 Å². The standard InChI is InChI=1S/C10H9N7/c11-9-8(16-17-10(12)14-9)5-1-2-6-4-13-15-7(6)3-5/h1-4H,(H,13,15)(H4,11,12,14,17). The normalized spacial score (nSPS) is 10.8.